The SMILES string of the molecule is CC(C)Oc1ccccc1CC(=O)NCC(C)(O)C(C)C. The van der Waals surface area contributed by atoms with E-state index in [1.165, 1.54) is 0 Å². The van der Waals surface area contributed by atoms with Gasteiger partial charge in [-0.3, -0.25) is 4.79 Å². The first kappa shape index (κ1) is 17.5. The normalized spacial score (nSPS) is 14.1. The van der Waals surface area contributed by atoms with Crippen molar-refractivity contribution in [1.29, 1.82) is 0 Å². The van der Waals surface area contributed by atoms with E-state index in [1.54, 1.807) is 6.92 Å². The van der Waals surface area contributed by atoms with Crippen LogP contribution in [0.1, 0.15) is 40.2 Å². The van der Waals surface area contributed by atoms with Crippen molar-refractivity contribution in [2.75, 3.05) is 6.54 Å². The Hall–Kier alpha value is -1.55. The van der Waals surface area contributed by atoms with Crippen LogP contribution in [-0.4, -0.2) is 29.3 Å². The number of para-hydroxylation sites is 1. The van der Waals surface area contributed by atoms with Crippen molar-refractivity contribution in [2.45, 2.75) is 52.7 Å². The first-order valence-electron chi connectivity index (χ1n) is 7.46. The molecule has 0 saturated heterocycles. The molecule has 0 fully saturated rings. The van der Waals surface area contributed by atoms with Gasteiger partial charge in [0, 0.05) is 12.1 Å². The average molecular weight is 293 g/mol. The lowest BCUT2D eigenvalue weighted by Crippen LogP contribution is -2.44. The second-order valence-electron chi connectivity index (χ2n) is 6.24. The van der Waals surface area contributed by atoms with Crippen LogP contribution >= 0.6 is 0 Å². The molecule has 1 aromatic carbocycles. The number of hydrogen-bond acceptors (Lipinski definition) is 3. The van der Waals surface area contributed by atoms with E-state index in [9.17, 15) is 9.90 Å². The van der Waals surface area contributed by atoms with Crippen LogP contribution in [0.5, 0.6) is 5.75 Å². The summed E-state index contributed by atoms with van der Waals surface area (Å²) in [6.07, 6.45) is 0.313. The van der Waals surface area contributed by atoms with Gasteiger partial charge in [0.1, 0.15) is 5.75 Å². The van der Waals surface area contributed by atoms with Gasteiger partial charge in [0.05, 0.1) is 18.1 Å². The van der Waals surface area contributed by atoms with Gasteiger partial charge in [0.25, 0.3) is 0 Å². The molecule has 0 aromatic heterocycles. The van der Waals surface area contributed by atoms with Gasteiger partial charge in [-0.05, 0) is 32.8 Å². The molecule has 2 N–H and O–H groups in total. The maximum Gasteiger partial charge on any atom is 0.224 e. The Morgan fingerprint density at radius 2 is 1.90 bits per heavy atom. The molecule has 1 amide bonds. The lowest BCUT2D eigenvalue weighted by atomic mass is 9.92. The number of carbonyl (C=O) groups excluding carboxylic acids is 1. The van der Waals surface area contributed by atoms with Crippen LogP contribution < -0.4 is 10.1 Å². The van der Waals surface area contributed by atoms with Gasteiger partial charge >= 0.3 is 0 Å². The predicted octanol–water partition coefficient (Wildman–Crippen LogP) is 2.54. The Balaban J connectivity index is 2.63. The highest BCUT2D eigenvalue weighted by Gasteiger charge is 2.25. The van der Waals surface area contributed by atoms with Crippen molar-refractivity contribution in [3.63, 3.8) is 0 Å². The largest absolute Gasteiger partial charge is 0.491 e. The van der Waals surface area contributed by atoms with Crippen molar-refractivity contribution < 1.29 is 14.6 Å². The molecule has 0 heterocycles. The molecule has 0 radical (unpaired) electrons. The fraction of sp³-hybridized carbons (Fsp3) is 0.588. The third kappa shape index (κ3) is 5.76. The van der Waals surface area contributed by atoms with E-state index in [-0.39, 0.29) is 30.9 Å². The summed E-state index contributed by atoms with van der Waals surface area (Å²) in [6.45, 7) is 9.74. The minimum atomic E-state index is -0.899. The molecule has 118 valence electrons. The summed E-state index contributed by atoms with van der Waals surface area (Å²) in [5.74, 6) is 0.698. The maximum atomic E-state index is 12.0. The Morgan fingerprint density at radius 3 is 2.48 bits per heavy atom. The number of hydrogen-bond donors (Lipinski definition) is 2. The summed E-state index contributed by atoms with van der Waals surface area (Å²) in [5, 5.41) is 12.9. The molecular formula is C17H27NO3. The summed E-state index contributed by atoms with van der Waals surface area (Å²) in [5.41, 5.74) is -0.0447. The molecule has 1 rings (SSSR count). The number of rotatable bonds is 7. The topological polar surface area (TPSA) is 58.6 Å². The molecule has 0 spiro atoms. The van der Waals surface area contributed by atoms with Crippen molar-refractivity contribution in [1.82, 2.24) is 5.32 Å². The van der Waals surface area contributed by atoms with Crippen molar-refractivity contribution in [2.24, 2.45) is 5.92 Å². The second-order valence-corrected chi connectivity index (χ2v) is 6.24. The zero-order chi connectivity index (χ0) is 16.0. The van der Waals surface area contributed by atoms with Gasteiger partial charge in [0.2, 0.25) is 5.91 Å². The van der Waals surface area contributed by atoms with Gasteiger partial charge in [0.15, 0.2) is 0 Å². The molecule has 0 aliphatic carbocycles. The standard InChI is InChI=1S/C17H27NO3/c1-12(2)17(5,20)11-18-16(19)10-14-8-6-7-9-15(14)21-13(3)4/h6-9,12-13,20H,10-11H2,1-5H3,(H,18,19). The number of aliphatic hydroxyl groups is 1. The number of carbonyl (C=O) groups is 1. The molecule has 1 unspecified atom stereocenters. The van der Waals surface area contributed by atoms with Crippen LogP contribution in [0.4, 0.5) is 0 Å². The second kappa shape index (κ2) is 7.46. The van der Waals surface area contributed by atoms with Crippen molar-refractivity contribution in [3.8, 4) is 5.75 Å². The van der Waals surface area contributed by atoms with E-state index in [4.69, 9.17) is 4.74 Å². The summed E-state index contributed by atoms with van der Waals surface area (Å²) >= 11 is 0. The van der Waals surface area contributed by atoms with Crippen LogP contribution in [0.15, 0.2) is 24.3 Å². The zero-order valence-electron chi connectivity index (χ0n) is 13.6. The number of ether oxygens (including phenoxy) is 1. The summed E-state index contributed by atoms with van der Waals surface area (Å²) < 4.78 is 5.70. The minimum Gasteiger partial charge on any atom is -0.491 e. The molecule has 0 aliphatic heterocycles. The average Bonchev–Trinajstić information content (AvgIpc) is 2.38. The third-order valence-electron chi connectivity index (χ3n) is 3.57. The molecule has 0 bridgehead atoms. The fourth-order valence-corrected chi connectivity index (χ4v) is 1.74. The predicted molar refractivity (Wildman–Crippen MR) is 84.4 cm³/mol. The molecule has 4 nitrogen and oxygen atoms in total. The third-order valence-corrected chi connectivity index (χ3v) is 3.57. The molecular weight excluding hydrogens is 266 g/mol. The summed E-state index contributed by atoms with van der Waals surface area (Å²) in [6, 6.07) is 7.54. The highest BCUT2D eigenvalue weighted by Crippen LogP contribution is 2.20. The van der Waals surface area contributed by atoms with Gasteiger partial charge in [-0.2, -0.15) is 0 Å². The van der Waals surface area contributed by atoms with E-state index >= 15 is 0 Å². The highest BCUT2D eigenvalue weighted by atomic mass is 16.5. The Labute approximate surface area is 127 Å². The molecule has 21 heavy (non-hydrogen) atoms. The molecule has 1 atom stereocenters. The summed E-state index contributed by atoms with van der Waals surface area (Å²) in [4.78, 5) is 12.0. The Bertz CT molecular complexity index is 467. The monoisotopic (exact) mass is 293 g/mol. The lowest BCUT2D eigenvalue weighted by molar-refractivity contribution is -0.122. The van der Waals surface area contributed by atoms with Crippen LogP contribution in [0, 0.1) is 5.92 Å². The zero-order valence-corrected chi connectivity index (χ0v) is 13.6. The van der Waals surface area contributed by atoms with Crippen LogP contribution in [0.3, 0.4) is 0 Å². The maximum absolute atomic E-state index is 12.0. The van der Waals surface area contributed by atoms with Gasteiger partial charge in [-0.1, -0.05) is 32.0 Å². The highest BCUT2D eigenvalue weighted by molar-refractivity contribution is 5.79. The van der Waals surface area contributed by atoms with Crippen LogP contribution in [0.25, 0.3) is 0 Å². The van der Waals surface area contributed by atoms with E-state index in [1.807, 2.05) is 52.0 Å². The van der Waals surface area contributed by atoms with E-state index in [0.717, 1.165) is 11.3 Å². The van der Waals surface area contributed by atoms with E-state index < -0.39 is 5.60 Å². The minimum absolute atomic E-state index is 0.0656. The smallest absolute Gasteiger partial charge is 0.224 e. The number of amides is 1. The number of nitrogens with one attached hydrogen (secondary N) is 1. The van der Waals surface area contributed by atoms with Crippen LogP contribution in [-0.2, 0) is 11.2 Å². The number of benzene rings is 1. The molecule has 0 aliphatic rings. The van der Waals surface area contributed by atoms with Crippen molar-refractivity contribution >= 4 is 5.91 Å². The first-order chi connectivity index (χ1) is 9.72. The fourth-order valence-electron chi connectivity index (χ4n) is 1.74. The van der Waals surface area contributed by atoms with Gasteiger partial charge in [-0.15, -0.1) is 0 Å². The molecule has 0 saturated carbocycles. The van der Waals surface area contributed by atoms with Crippen molar-refractivity contribution in [3.05, 3.63) is 29.8 Å². The summed E-state index contributed by atoms with van der Waals surface area (Å²) in [7, 11) is 0. The van der Waals surface area contributed by atoms with Gasteiger partial charge in [-0.25, -0.2) is 0 Å². The quantitative estimate of drug-likeness (QED) is 0.812. The first-order valence-corrected chi connectivity index (χ1v) is 7.46. The van der Waals surface area contributed by atoms with E-state index in [2.05, 4.69) is 5.32 Å². The molecule has 4 heteroatoms. The Morgan fingerprint density at radius 1 is 1.29 bits per heavy atom. The molecule has 1 aromatic rings. The van der Waals surface area contributed by atoms with E-state index in [0.29, 0.717) is 0 Å². The Kier molecular flexibility index (Phi) is 6.21. The lowest BCUT2D eigenvalue weighted by Gasteiger charge is -2.27. The van der Waals surface area contributed by atoms with Crippen LogP contribution in [0.2, 0.25) is 0 Å². The van der Waals surface area contributed by atoms with Gasteiger partial charge < -0.3 is 15.2 Å².